The van der Waals surface area contributed by atoms with Gasteiger partial charge >= 0.3 is 0 Å². The number of hydrogen-bond acceptors (Lipinski definition) is 1. The molecule has 0 saturated carbocycles. The number of pyridine rings is 1. The highest BCUT2D eigenvalue weighted by Crippen LogP contribution is 2.08. The summed E-state index contributed by atoms with van der Waals surface area (Å²) >= 11 is 0. The van der Waals surface area contributed by atoms with E-state index in [0.717, 1.165) is 11.3 Å². The van der Waals surface area contributed by atoms with Crippen LogP contribution in [0.5, 0.6) is 0 Å². The fourth-order valence-corrected chi connectivity index (χ4v) is 0.749. The quantitative estimate of drug-likeness (QED) is 0.527. The summed E-state index contributed by atoms with van der Waals surface area (Å²) in [6, 6.07) is 3.98. The average molecular weight is 131 g/mol. The smallest absolute Gasteiger partial charge is 0.0760 e. The highest BCUT2D eigenvalue weighted by Gasteiger charge is 1.96. The van der Waals surface area contributed by atoms with Crippen molar-refractivity contribution in [3.63, 3.8) is 0 Å². The van der Waals surface area contributed by atoms with E-state index in [1.807, 2.05) is 32.2 Å². The summed E-state index contributed by atoms with van der Waals surface area (Å²) in [5, 5.41) is 0. The minimum absolute atomic E-state index is 0.0908. The van der Waals surface area contributed by atoms with Gasteiger partial charge in [0.25, 0.3) is 0 Å². The first kappa shape index (κ1) is 7.32. The monoisotopic (exact) mass is 131 g/mol. The van der Waals surface area contributed by atoms with Crippen molar-refractivity contribution in [2.24, 2.45) is 0 Å². The van der Waals surface area contributed by atoms with Gasteiger partial charge in [-0.25, -0.2) is 0 Å². The molecule has 0 aliphatic heterocycles. The standard InChI is InChI=1S/C8H10BN/c1-6-3-4-8(5-10-6)7(2)9/h3-5,7H,1-2H3. The van der Waals surface area contributed by atoms with E-state index < -0.39 is 0 Å². The maximum atomic E-state index is 5.62. The summed E-state index contributed by atoms with van der Waals surface area (Å²) in [5.41, 5.74) is 2.12. The van der Waals surface area contributed by atoms with E-state index in [1.165, 1.54) is 0 Å². The lowest BCUT2D eigenvalue weighted by molar-refractivity contribution is 1.04. The van der Waals surface area contributed by atoms with Crippen LogP contribution < -0.4 is 0 Å². The van der Waals surface area contributed by atoms with Crippen molar-refractivity contribution in [3.05, 3.63) is 29.6 Å². The number of rotatable bonds is 1. The molecule has 0 N–H and O–H groups in total. The normalized spacial score (nSPS) is 13.0. The number of nitrogens with zero attached hydrogens (tertiary/aromatic N) is 1. The highest BCUT2D eigenvalue weighted by atomic mass is 14.7. The van der Waals surface area contributed by atoms with Gasteiger partial charge in [0.1, 0.15) is 0 Å². The van der Waals surface area contributed by atoms with Crippen LogP contribution in [0.2, 0.25) is 0 Å². The molecule has 0 spiro atoms. The highest BCUT2D eigenvalue weighted by molar-refractivity contribution is 6.12. The summed E-state index contributed by atoms with van der Waals surface area (Å²) in [7, 11) is 5.62. The molecule has 2 radical (unpaired) electrons. The van der Waals surface area contributed by atoms with Gasteiger partial charge in [-0.1, -0.05) is 18.8 Å². The second-order valence-electron chi connectivity index (χ2n) is 2.52. The van der Waals surface area contributed by atoms with E-state index in [2.05, 4.69) is 4.98 Å². The topological polar surface area (TPSA) is 12.9 Å². The maximum Gasteiger partial charge on any atom is 0.0760 e. The van der Waals surface area contributed by atoms with E-state index >= 15 is 0 Å². The van der Waals surface area contributed by atoms with Crippen LogP contribution in [0.4, 0.5) is 0 Å². The molecule has 0 amide bonds. The van der Waals surface area contributed by atoms with Gasteiger partial charge in [0.05, 0.1) is 7.85 Å². The van der Waals surface area contributed by atoms with Gasteiger partial charge < -0.3 is 0 Å². The minimum atomic E-state index is 0.0908. The van der Waals surface area contributed by atoms with Crippen molar-refractivity contribution in [1.29, 1.82) is 0 Å². The molecule has 1 atom stereocenters. The van der Waals surface area contributed by atoms with Crippen LogP contribution in [-0.4, -0.2) is 12.8 Å². The minimum Gasteiger partial charge on any atom is -0.261 e. The molecule has 0 aliphatic rings. The summed E-state index contributed by atoms with van der Waals surface area (Å²) in [6.45, 7) is 3.91. The third kappa shape index (κ3) is 1.60. The molecule has 1 aromatic rings. The lowest BCUT2D eigenvalue weighted by Crippen LogP contribution is -1.92. The second-order valence-corrected chi connectivity index (χ2v) is 2.52. The molecule has 0 saturated heterocycles. The van der Waals surface area contributed by atoms with Crippen LogP contribution in [-0.2, 0) is 0 Å². The van der Waals surface area contributed by atoms with E-state index in [0.29, 0.717) is 0 Å². The fraction of sp³-hybridized carbons (Fsp3) is 0.375. The molecule has 1 aromatic heterocycles. The zero-order valence-corrected chi connectivity index (χ0v) is 6.33. The molecule has 1 nitrogen and oxygen atoms in total. The first-order valence-electron chi connectivity index (χ1n) is 3.38. The van der Waals surface area contributed by atoms with Gasteiger partial charge in [0, 0.05) is 11.9 Å². The number of aryl methyl sites for hydroxylation is 1. The molecule has 10 heavy (non-hydrogen) atoms. The van der Waals surface area contributed by atoms with Crippen LogP contribution in [0.1, 0.15) is 24.0 Å². The fourth-order valence-electron chi connectivity index (χ4n) is 0.749. The Labute approximate surface area is 62.9 Å². The molecular weight excluding hydrogens is 121 g/mol. The van der Waals surface area contributed by atoms with Gasteiger partial charge in [-0.3, -0.25) is 4.98 Å². The predicted molar refractivity (Wildman–Crippen MR) is 43.1 cm³/mol. The van der Waals surface area contributed by atoms with Crippen LogP contribution in [0, 0.1) is 6.92 Å². The van der Waals surface area contributed by atoms with Crippen molar-refractivity contribution < 1.29 is 0 Å². The number of aromatic nitrogens is 1. The zero-order valence-electron chi connectivity index (χ0n) is 6.33. The van der Waals surface area contributed by atoms with Crippen molar-refractivity contribution in [2.45, 2.75) is 19.7 Å². The van der Waals surface area contributed by atoms with Crippen molar-refractivity contribution in [3.8, 4) is 0 Å². The Balaban J connectivity index is 2.89. The Hall–Kier alpha value is -0.785. The Morgan fingerprint density at radius 2 is 2.20 bits per heavy atom. The zero-order chi connectivity index (χ0) is 7.56. The Kier molecular flexibility index (Phi) is 2.10. The van der Waals surface area contributed by atoms with E-state index in [1.54, 1.807) is 0 Å². The van der Waals surface area contributed by atoms with Gasteiger partial charge in [-0.05, 0) is 18.6 Å². The molecule has 0 aliphatic carbocycles. The Morgan fingerprint density at radius 3 is 2.60 bits per heavy atom. The molecule has 0 fully saturated rings. The third-order valence-electron chi connectivity index (χ3n) is 1.46. The molecule has 1 rings (SSSR count). The maximum absolute atomic E-state index is 5.62. The third-order valence-corrected chi connectivity index (χ3v) is 1.46. The molecule has 1 heterocycles. The Bertz CT molecular complexity index is 203. The second kappa shape index (κ2) is 2.87. The molecule has 1 unspecified atom stereocenters. The van der Waals surface area contributed by atoms with Crippen LogP contribution in [0.15, 0.2) is 18.3 Å². The lowest BCUT2D eigenvalue weighted by atomic mass is 9.84. The molecule has 0 bridgehead atoms. The van der Waals surface area contributed by atoms with Crippen molar-refractivity contribution in [2.75, 3.05) is 0 Å². The van der Waals surface area contributed by atoms with Crippen LogP contribution in [0.25, 0.3) is 0 Å². The largest absolute Gasteiger partial charge is 0.261 e. The molecular formula is C8H10BN. The first-order chi connectivity index (χ1) is 4.70. The summed E-state index contributed by atoms with van der Waals surface area (Å²) in [6.07, 6.45) is 1.82. The van der Waals surface area contributed by atoms with E-state index in [-0.39, 0.29) is 5.82 Å². The van der Waals surface area contributed by atoms with Gasteiger partial charge in [-0.2, -0.15) is 0 Å². The SMILES string of the molecule is [B]C(C)c1ccc(C)nc1. The average Bonchev–Trinajstić information content (AvgIpc) is 1.88. The van der Waals surface area contributed by atoms with E-state index in [9.17, 15) is 0 Å². The summed E-state index contributed by atoms with van der Waals surface area (Å²) in [5.74, 6) is 0.0908. The predicted octanol–water partition coefficient (Wildman–Crippen LogP) is 1.62. The first-order valence-corrected chi connectivity index (χ1v) is 3.38. The van der Waals surface area contributed by atoms with Crippen LogP contribution in [0.3, 0.4) is 0 Å². The van der Waals surface area contributed by atoms with Crippen molar-refractivity contribution in [1.82, 2.24) is 4.98 Å². The van der Waals surface area contributed by atoms with Gasteiger partial charge in [0.2, 0.25) is 0 Å². The van der Waals surface area contributed by atoms with Gasteiger partial charge in [-0.15, -0.1) is 0 Å². The molecule has 2 heteroatoms. The molecule has 0 aromatic carbocycles. The summed E-state index contributed by atoms with van der Waals surface area (Å²) in [4.78, 5) is 4.12. The lowest BCUT2D eigenvalue weighted by Gasteiger charge is -2.03. The number of hydrogen-bond donors (Lipinski definition) is 0. The summed E-state index contributed by atoms with van der Waals surface area (Å²) < 4.78 is 0. The van der Waals surface area contributed by atoms with E-state index in [4.69, 9.17) is 7.85 Å². The van der Waals surface area contributed by atoms with Crippen LogP contribution >= 0.6 is 0 Å². The van der Waals surface area contributed by atoms with Crippen molar-refractivity contribution >= 4 is 7.85 Å². The molecule has 50 valence electrons. The van der Waals surface area contributed by atoms with Gasteiger partial charge in [0.15, 0.2) is 0 Å². The Morgan fingerprint density at radius 1 is 1.50 bits per heavy atom.